The van der Waals surface area contributed by atoms with Crippen molar-refractivity contribution in [3.05, 3.63) is 18.2 Å². The number of rotatable bonds is 8. The first-order valence-corrected chi connectivity index (χ1v) is 7.87. The van der Waals surface area contributed by atoms with Crippen LogP contribution in [0.3, 0.4) is 0 Å². The number of aryl methyl sites for hydroxylation is 1. The van der Waals surface area contributed by atoms with Gasteiger partial charge in [-0.25, -0.2) is 9.78 Å². The highest BCUT2D eigenvalue weighted by Gasteiger charge is 2.21. The molecule has 1 heterocycles. The van der Waals surface area contributed by atoms with E-state index in [0.29, 0.717) is 25.4 Å². The van der Waals surface area contributed by atoms with Crippen molar-refractivity contribution >= 4 is 6.03 Å². The third kappa shape index (κ3) is 6.93. The first kappa shape index (κ1) is 18.5. The topological polar surface area (TPSA) is 79.2 Å². The van der Waals surface area contributed by atoms with Crippen molar-refractivity contribution in [2.45, 2.75) is 53.7 Å². The van der Waals surface area contributed by atoms with Gasteiger partial charge < -0.3 is 20.3 Å². The van der Waals surface area contributed by atoms with Crippen LogP contribution in [0.2, 0.25) is 0 Å². The fourth-order valence-corrected chi connectivity index (χ4v) is 2.52. The van der Waals surface area contributed by atoms with Crippen molar-refractivity contribution in [2.24, 2.45) is 11.3 Å². The molecule has 0 saturated carbocycles. The molecule has 0 aliphatic rings. The van der Waals surface area contributed by atoms with Crippen molar-refractivity contribution in [3.63, 3.8) is 0 Å². The summed E-state index contributed by atoms with van der Waals surface area (Å²) in [5.74, 6) is 1.31. The van der Waals surface area contributed by atoms with Crippen molar-refractivity contribution in [2.75, 3.05) is 13.1 Å². The molecule has 1 aromatic rings. The maximum absolute atomic E-state index is 11.8. The first-order valence-electron chi connectivity index (χ1n) is 7.87. The fraction of sp³-hybridized carbons (Fsp3) is 0.750. The zero-order valence-electron chi connectivity index (χ0n) is 14.4. The third-order valence-electron chi connectivity index (χ3n) is 3.62. The van der Waals surface area contributed by atoms with Crippen LogP contribution in [0.4, 0.5) is 4.79 Å². The van der Waals surface area contributed by atoms with Crippen LogP contribution in [0, 0.1) is 18.3 Å². The summed E-state index contributed by atoms with van der Waals surface area (Å²) in [5.41, 5.74) is -0.120. The number of aromatic nitrogens is 2. The highest BCUT2D eigenvalue weighted by molar-refractivity contribution is 5.73. The minimum Gasteiger partial charge on any atom is -0.393 e. The number of amides is 2. The maximum Gasteiger partial charge on any atom is 0.314 e. The Bertz CT molecular complexity index is 468. The lowest BCUT2D eigenvalue weighted by atomic mass is 9.87. The first-order chi connectivity index (χ1) is 10.2. The minimum atomic E-state index is -0.363. The van der Waals surface area contributed by atoms with Crippen LogP contribution in [0.5, 0.6) is 0 Å². The van der Waals surface area contributed by atoms with Gasteiger partial charge in [0, 0.05) is 32.0 Å². The Morgan fingerprint density at radius 3 is 2.64 bits per heavy atom. The van der Waals surface area contributed by atoms with E-state index in [1.807, 2.05) is 27.0 Å². The zero-order valence-corrected chi connectivity index (χ0v) is 14.4. The van der Waals surface area contributed by atoms with Gasteiger partial charge in [0.25, 0.3) is 0 Å². The van der Waals surface area contributed by atoms with E-state index in [9.17, 15) is 9.90 Å². The van der Waals surface area contributed by atoms with Crippen LogP contribution in [0.25, 0.3) is 0 Å². The van der Waals surface area contributed by atoms with Crippen LogP contribution >= 0.6 is 0 Å². The molecule has 0 bridgehead atoms. The molecule has 22 heavy (non-hydrogen) atoms. The molecule has 3 N–H and O–H groups in total. The van der Waals surface area contributed by atoms with E-state index in [1.54, 1.807) is 13.1 Å². The normalized spacial score (nSPS) is 14.5. The van der Waals surface area contributed by atoms with Crippen LogP contribution < -0.4 is 10.6 Å². The molecule has 0 aliphatic heterocycles. The van der Waals surface area contributed by atoms with Crippen LogP contribution in [-0.4, -0.2) is 39.9 Å². The van der Waals surface area contributed by atoms with Crippen molar-refractivity contribution in [1.29, 1.82) is 0 Å². The number of imidazole rings is 1. The lowest BCUT2D eigenvalue weighted by molar-refractivity contribution is 0.128. The van der Waals surface area contributed by atoms with Gasteiger partial charge in [-0.05, 0) is 31.6 Å². The fourth-order valence-electron chi connectivity index (χ4n) is 2.52. The number of urea groups is 1. The molecule has 2 amide bonds. The standard InChI is InChI=1S/C16H30N4O2/c1-12(10-20-7-6-17-14(20)3)9-18-15(22)19-11-16(4,5)8-13(2)21/h6-7,12-13,21H,8-11H2,1-5H3,(H2,18,19,22). The Balaban J connectivity index is 2.26. The molecule has 0 aromatic carbocycles. The lowest BCUT2D eigenvalue weighted by Gasteiger charge is -2.26. The van der Waals surface area contributed by atoms with E-state index in [1.165, 1.54) is 0 Å². The van der Waals surface area contributed by atoms with Gasteiger partial charge in [-0.2, -0.15) is 0 Å². The molecule has 2 atom stereocenters. The van der Waals surface area contributed by atoms with Gasteiger partial charge in [-0.15, -0.1) is 0 Å². The summed E-state index contributed by atoms with van der Waals surface area (Å²) in [6, 6.07) is -0.159. The number of aliphatic hydroxyl groups is 1. The summed E-state index contributed by atoms with van der Waals surface area (Å²) < 4.78 is 2.08. The molecular weight excluding hydrogens is 280 g/mol. The summed E-state index contributed by atoms with van der Waals surface area (Å²) in [7, 11) is 0. The highest BCUT2D eigenvalue weighted by atomic mass is 16.3. The Morgan fingerprint density at radius 1 is 1.41 bits per heavy atom. The van der Waals surface area contributed by atoms with Crippen LogP contribution in [0.1, 0.15) is 39.9 Å². The van der Waals surface area contributed by atoms with Crippen molar-refractivity contribution < 1.29 is 9.90 Å². The lowest BCUT2D eigenvalue weighted by Crippen LogP contribution is -2.43. The number of nitrogens with zero attached hydrogens (tertiary/aromatic N) is 2. The second kappa shape index (κ2) is 8.17. The zero-order chi connectivity index (χ0) is 16.8. The number of hydrogen-bond donors (Lipinski definition) is 3. The van der Waals surface area contributed by atoms with Gasteiger partial charge in [-0.3, -0.25) is 0 Å². The third-order valence-corrected chi connectivity index (χ3v) is 3.62. The molecule has 1 aromatic heterocycles. The molecule has 2 unspecified atom stereocenters. The minimum absolute atomic E-state index is 0.120. The number of carbonyl (C=O) groups excluding carboxylic acids is 1. The molecule has 6 heteroatoms. The van der Waals surface area contributed by atoms with Gasteiger partial charge in [0.15, 0.2) is 0 Å². The predicted molar refractivity (Wildman–Crippen MR) is 87.6 cm³/mol. The van der Waals surface area contributed by atoms with E-state index in [-0.39, 0.29) is 17.6 Å². The Kier molecular flexibility index (Phi) is 6.87. The summed E-state index contributed by atoms with van der Waals surface area (Å²) >= 11 is 0. The van der Waals surface area contributed by atoms with Gasteiger partial charge in [0.05, 0.1) is 6.10 Å². The number of carbonyl (C=O) groups is 1. The number of hydrogen-bond acceptors (Lipinski definition) is 3. The quantitative estimate of drug-likeness (QED) is 0.686. The molecule has 6 nitrogen and oxygen atoms in total. The largest absolute Gasteiger partial charge is 0.393 e. The highest BCUT2D eigenvalue weighted by Crippen LogP contribution is 2.20. The molecule has 0 fully saturated rings. The average molecular weight is 310 g/mol. The smallest absolute Gasteiger partial charge is 0.314 e. The molecule has 126 valence electrons. The molecule has 0 aliphatic carbocycles. The average Bonchev–Trinajstić information content (AvgIpc) is 2.78. The summed E-state index contributed by atoms with van der Waals surface area (Å²) in [5, 5.41) is 15.2. The second-order valence-electron chi connectivity index (χ2n) is 7.01. The second-order valence-corrected chi connectivity index (χ2v) is 7.01. The number of aliphatic hydroxyl groups excluding tert-OH is 1. The summed E-state index contributed by atoms with van der Waals surface area (Å²) in [4.78, 5) is 16.0. The van der Waals surface area contributed by atoms with Gasteiger partial charge in [0.1, 0.15) is 5.82 Å². The summed E-state index contributed by atoms with van der Waals surface area (Å²) in [6.07, 6.45) is 4.03. The van der Waals surface area contributed by atoms with Gasteiger partial charge in [0.2, 0.25) is 0 Å². The van der Waals surface area contributed by atoms with Crippen LogP contribution in [-0.2, 0) is 6.54 Å². The van der Waals surface area contributed by atoms with E-state index < -0.39 is 0 Å². The number of nitrogens with one attached hydrogen (secondary N) is 2. The Labute approximate surface area is 133 Å². The Morgan fingerprint density at radius 2 is 2.09 bits per heavy atom. The van der Waals surface area contributed by atoms with E-state index >= 15 is 0 Å². The molecule has 0 saturated heterocycles. The van der Waals surface area contributed by atoms with Gasteiger partial charge >= 0.3 is 6.03 Å². The van der Waals surface area contributed by atoms with Crippen LogP contribution in [0.15, 0.2) is 12.4 Å². The van der Waals surface area contributed by atoms with E-state index in [2.05, 4.69) is 27.1 Å². The Hall–Kier alpha value is -1.56. The molecular formula is C16H30N4O2. The van der Waals surface area contributed by atoms with Gasteiger partial charge in [-0.1, -0.05) is 20.8 Å². The summed E-state index contributed by atoms with van der Waals surface area (Å²) in [6.45, 7) is 11.9. The predicted octanol–water partition coefficient (Wildman–Crippen LogP) is 1.92. The monoisotopic (exact) mass is 310 g/mol. The molecule has 0 radical (unpaired) electrons. The molecule has 1 rings (SSSR count). The van der Waals surface area contributed by atoms with E-state index in [0.717, 1.165) is 12.4 Å². The van der Waals surface area contributed by atoms with Crippen molar-refractivity contribution in [3.8, 4) is 0 Å². The maximum atomic E-state index is 11.8. The molecule has 0 spiro atoms. The van der Waals surface area contributed by atoms with E-state index in [4.69, 9.17) is 0 Å². The SMILES string of the molecule is Cc1nccn1CC(C)CNC(=O)NCC(C)(C)CC(C)O. The van der Waals surface area contributed by atoms with Crippen molar-refractivity contribution in [1.82, 2.24) is 20.2 Å².